The number of likely N-dealkylation sites (tertiary alicyclic amines) is 1. The summed E-state index contributed by atoms with van der Waals surface area (Å²) in [6.45, 7) is 0.612. The summed E-state index contributed by atoms with van der Waals surface area (Å²) in [6, 6.07) is 8.89. The molecule has 0 spiro atoms. The van der Waals surface area contributed by atoms with Gasteiger partial charge in [0, 0.05) is 18.9 Å². The van der Waals surface area contributed by atoms with Crippen LogP contribution in [0.25, 0.3) is 5.65 Å². The first-order valence-corrected chi connectivity index (χ1v) is 8.56. The molecule has 6 heteroatoms. The van der Waals surface area contributed by atoms with E-state index in [-0.39, 0.29) is 23.1 Å². The van der Waals surface area contributed by atoms with Crippen LogP contribution in [0.5, 0.6) is 0 Å². The minimum atomic E-state index is -0.335. The van der Waals surface area contributed by atoms with Crippen LogP contribution >= 0.6 is 0 Å². The predicted octanol–water partition coefficient (Wildman–Crippen LogP) is 3.05. The average Bonchev–Trinajstić information content (AvgIpc) is 3.06. The van der Waals surface area contributed by atoms with Gasteiger partial charge in [0.25, 0.3) is 11.5 Å². The zero-order valence-corrected chi connectivity index (χ0v) is 13.8. The van der Waals surface area contributed by atoms with E-state index < -0.39 is 0 Å². The maximum absolute atomic E-state index is 13.2. The third kappa shape index (κ3) is 2.84. The van der Waals surface area contributed by atoms with Crippen LogP contribution in [0.4, 0.5) is 0 Å². The fourth-order valence-electron chi connectivity index (χ4n) is 3.46. The summed E-state index contributed by atoms with van der Waals surface area (Å²) in [5, 5.41) is 0. The van der Waals surface area contributed by atoms with Crippen molar-refractivity contribution in [1.29, 1.82) is 0 Å². The molecule has 0 unspecified atom stereocenters. The molecule has 128 valence electrons. The molecule has 1 atom stereocenters. The number of rotatable bonds is 2. The van der Waals surface area contributed by atoms with E-state index in [1.807, 2.05) is 18.2 Å². The second-order valence-corrected chi connectivity index (χ2v) is 6.28. The van der Waals surface area contributed by atoms with Crippen LogP contribution in [-0.4, -0.2) is 26.7 Å². The fourth-order valence-corrected chi connectivity index (χ4v) is 3.46. The van der Waals surface area contributed by atoms with E-state index >= 15 is 0 Å². The van der Waals surface area contributed by atoms with Gasteiger partial charge >= 0.3 is 0 Å². The second kappa shape index (κ2) is 6.55. The van der Waals surface area contributed by atoms with Gasteiger partial charge in [0.2, 0.25) is 0 Å². The maximum Gasteiger partial charge on any atom is 0.270 e. The molecular weight excluding hydrogens is 318 g/mol. The Morgan fingerprint density at radius 1 is 1.16 bits per heavy atom. The summed E-state index contributed by atoms with van der Waals surface area (Å²) in [5.41, 5.74) is 0.294. The van der Waals surface area contributed by atoms with Crippen molar-refractivity contribution in [2.45, 2.75) is 31.7 Å². The first kappa shape index (κ1) is 15.6. The number of hydrogen-bond acceptors (Lipinski definition) is 4. The van der Waals surface area contributed by atoms with Gasteiger partial charge in [-0.15, -0.1) is 0 Å². The molecule has 4 heterocycles. The summed E-state index contributed by atoms with van der Waals surface area (Å²) in [5.74, 6) is 0.489. The maximum atomic E-state index is 13.2. The van der Waals surface area contributed by atoms with E-state index in [2.05, 4.69) is 4.98 Å². The van der Waals surface area contributed by atoms with Crippen molar-refractivity contribution >= 4 is 11.6 Å². The van der Waals surface area contributed by atoms with E-state index in [0.717, 1.165) is 31.4 Å². The highest BCUT2D eigenvalue weighted by atomic mass is 16.3. The van der Waals surface area contributed by atoms with Crippen molar-refractivity contribution in [3.63, 3.8) is 0 Å². The molecular formula is C19H19N3O3. The first-order valence-electron chi connectivity index (χ1n) is 8.56. The van der Waals surface area contributed by atoms with Gasteiger partial charge < -0.3 is 9.32 Å². The summed E-state index contributed by atoms with van der Waals surface area (Å²) in [6.07, 6.45) is 8.50. The van der Waals surface area contributed by atoms with E-state index in [0.29, 0.717) is 12.2 Å². The molecule has 1 saturated heterocycles. The lowest BCUT2D eigenvalue weighted by Crippen LogP contribution is -2.38. The first-order chi connectivity index (χ1) is 12.3. The number of fused-ring (bicyclic) bond motifs is 1. The fraction of sp³-hybridized carbons (Fsp3) is 0.316. The lowest BCUT2D eigenvalue weighted by atomic mass is 10.1. The van der Waals surface area contributed by atoms with Crippen molar-refractivity contribution in [2.24, 2.45) is 0 Å². The third-order valence-corrected chi connectivity index (χ3v) is 4.73. The lowest BCUT2D eigenvalue weighted by molar-refractivity contribution is 0.0656. The van der Waals surface area contributed by atoms with Crippen LogP contribution in [0.3, 0.4) is 0 Å². The molecule has 6 nitrogen and oxygen atoms in total. The number of aromatic nitrogens is 2. The largest absolute Gasteiger partial charge is 0.467 e. The molecule has 0 saturated carbocycles. The quantitative estimate of drug-likeness (QED) is 0.721. The highest BCUT2D eigenvalue weighted by Gasteiger charge is 2.30. The predicted molar refractivity (Wildman–Crippen MR) is 92.4 cm³/mol. The van der Waals surface area contributed by atoms with Gasteiger partial charge in [-0.2, -0.15) is 0 Å². The number of amides is 1. The molecule has 0 radical (unpaired) electrons. The second-order valence-electron chi connectivity index (χ2n) is 6.28. The van der Waals surface area contributed by atoms with Gasteiger partial charge in [0.05, 0.1) is 12.3 Å². The van der Waals surface area contributed by atoms with Gasteiger partial charge in [0.15, 0.2) is 0 Å². The topological polar surface area (TPSA) is 67.8 Å². The smallest absolute Gasteiger partial charge is 0.270 e. The Labute approximate surface area is 144 Å². The molecule has 0 bridgehead atoms. The molecule has 1 aliphatic heterocycles. The minimum Gasteiger partial charge on any atom is -0.467 e. The van der Waals surface area contributed by atoms with E-state index in [4.69, 9.17) is 4.42 Å². The van der Waals surface area contributed by atoms with E-state index in [1.54, 1.807) is 29.5 Å². The highest BCUT2D eigenvalue weighted by molar-refractivity contribution is 5.94. The molecule has 1 aliphatic rings. The van der Waals surface area contributed by atoms with Crippen LogP contribution in [0.1, 0.15) is 47.8 Å². The Kier molecular flexibility index (Phi) is 4.09. The Hall–Kier alpha value is -2.89. The van der Waals surface area contributed by atoms with Crippen molar-refractivity contribution in [3.05, 3.63) is 70.7 Å². The van der Waals surface area contributed by atoms with E-state index in [9.17, 15) is 9.59 Å². The van der Waals surface area contributed by atoms with Gasteiger partial charge in [-0.1, -0.05) is 18.9 Å². The summed E-state index contributed by atoms with van der Waals surface area (Å²) >= 11 is 0. The van der Waals surface area contributed by atoms with Gasteiger partial charge in [-0.25, -0.2) is 4.98 Å². The number of carbonyl (C=O) groups excluding carboxylic acids is 1. The Morgan fingerprint density at radius 3 is 2.92 bits per heavy atom. The Morgan fingerprint density at radius 2 is 2.08 bits per heavy atom. The molecule has 1 amide bonds. The Balaban J connectivity index is 1.75. The number of nitrogens with zero attached hydrogens (tertiary/aromatic N) is 3. The molecule has 0 aliphatic carbocycles. The van der Waals surface area contributed by atoms with Crippen LogP contribution in [0.2, 0.25) is 0 Å². The summed E-state index contributed by atoms with van der Waals surface area (Å²) in [4.78, 5) is 31.9. The number of carbonyl (C=O) groups is 1. The Bertz CT molecular complexity index is 946. The molecule has 3 aromatic rings. The highest BCUT2D eigenvalue weighted by Crippen LogP contribution is 2.31. The average molecular weight is 337 g/mol. The van der Waals surface area contributed by atoms with Crippen molar-refractivity contribution in [2.75, 3.05) is 6.54 Å². The van der Waals surface area contributed by atoms with Crippen LogP contribution in [-0.2, 0) is 0 Å². The third-order valence-electron chi connectivity index (χ3n) is 4.73. The standard InChI is InChI=1S/C19H19N3O3/c23-18(14-13-20-17-9-3-5-11-22(17)19(14)24)21-10-4-1-2-7-15(21)16-8-6-12-25-16/h3,5-6,8-9,11-13,15H,1-2,4,7,10H2/t15-/m1/s1. The van der Waals surface area contributed by atoms with Crippen molar-refractivity contribution in [3.8, 4) is 0 Å². The number of furan rings is 1. The van der Waals surface area contributed by atoms with Crippen LogP contribution in [0, 0.1) is 0 Å². The SMILES string of the molecule is O=C(c1cnc2ccccn2c1=O)N1CCCCC[C@@H]1c1ccco1. The number of pyridine rings is 1. The molecule has 4 rings (SSSR count). The van der Waals surface area contributed by atoms with Crippen molar-refractivity contribution in [1.82, 2.24) is 14.3 Å². The van der Waals surface area contributed by atoms with E-state index in [1.165, 1.54) is 10.6 Å². The normalized spacial score (nSPS) is 18.2. The van der Waals surface area contributed by atoms with Gasteiger partial charge in [0.1, 0.15) is 17.0 Å². The molecule has 3 aromatic heterocycles. The molecule has 0 N–H and O–H groups in total. The zero-order chi connectivity index (χ0) is 17.2. The lowest BCUT2D eigenvalue weighted by Gasteiger charge is -2.28. The summed E-state index contributed by atoms with van der Waals surface area (Å²) < 4.78 is 6.96. The molecule has 0 aromatic carbocycles. The van der Waals surface area contributed by atoms with Crippen molar-refractivity contribution < 1.29 is 9.21 Å². The molecule has 25 heavy (non-hydrogen) atoms. The van der Waals surface area contributed by atoms with Gasteiger partial charge in [-0.05, 0) is 37.1 Å². The monoisotopic (exact) mass is 337 g/mol. The zero-order valence-electron chi connectivity index (χ0n) is 13.8. The van der Waals surface area contributed by atoms with Crippen LogP contribution < -0.4 is 5.56 Å². The van der Waals surface area contributed by atoms with Gasteiger partial charge in [-0.3, -0.25) is 14.0 Å². The molecule has 1 fully saturated rings. The minimum absolute atomic E-state index is 0.0992. The van der Waals surface area contributed by atoms with Crippen LogP contribution in [0.15, 0.2) is 58.2 Å². The summed E-state index contributed by atoms with van der Waals surface area (Å²) in [7, 11) is 0. The number of hydrogen-bond donors (Lipinski definition) is 0.